The van der Waals surface area contributed by atoms with Crippen LogP contribution in [0.15, 0.2) is 18.2 Å². The summed E-state index contributed by atoms with van der Waals surface area (Å²) in [5.41, 5.74) is 0.848. The molecule has 0 amide bonds. The Bertz CT molecular complexity index is 439. The molecule has 0 bridgehead atoms. The lowest BCUT2D eigenvalue weighted by atomic mass is 9.93. The molecule has 0 unspecified atom stereocenters. The third-order valence-corrected chi connectivity index (χ3v) is 3.20. The number of hydrogen-bond donors (Lipinski definition) is 0. The Kier molecular flexibility index (Phi) is 4.07. The van der Waals surface area contributed by atoms with E-state index in [1.165, 1.54) is 0 Å². The fraction of sp³-hybridized carbons (Fsp3) is 0.500. The molecule has 1 aliphatic carbocycles. The van der Waals surface area contributed by atoms with Crippen LogP contribution in [0.4, 0.5) is 0 Å². The highest BCUT2D eigenvalue weighted by molar-refractivity contribution is 5.77. The van der Waals surface area contributed by atoms with E-state index < -0.39 is 0 Å². The summed E-state index contributed by atoms with van der Waals surface area (Å²) in [6.07, 6.45) is 4.78. The van der Waals surface area contributed by atoms with E-state index in [0.29, 0.717) is 18.1 Å². The van der Waals surface area contributed by atoms with Crippen LogP contribution in [-0.4, -0.2) is 30.7 Å². The lowest BCUT2D eigenvalue weighted by Gasteiger charge is -2.23. The van der Waals surface area contributed by atoms with Gasteiger partial charge in [-0.05, 0) is 31.5 Å². The van der Waals surface area contributed by atoms with Crippen molar-refractivity contribution in [3.63, 3.8) is 0 Å². The summed E-state index contributed by atoms with van der Waals surface area (Å²) in [6, 6.07) is 5.69. The molecule has 0 aliphatic heterocycles. The minimum atomic E-state index is 0.155. The van der Waals surface area contributed by atoms with Gasteiger partial charge in [-0.3, -0.25) is 0 Å². The molecule has 0 spiro atoms. The zero-order valence-electron chi connectivity index (χ0n) is 10.9. The van der Waals surface area contributed by atoms with E-state index in [1.807, 2.05) is 25.1 Å². The zero-order chi connectivity index (χ0) is 13.0. The maximum absolute atomic E-state index is 11.8. The number of hydroxylamine groups is 1. The number of nitrogens with zero attached hydrogens (tertiary/aromatic N) is 1. The molecular weight excluding hydrogens is 230 g/mol. The summed E-state index contributed by atoms with van der Waals surface area (Å²) in [5, 5.41) is 11.8. The molecule has 2 rings (SSSR count). The molecule has 0 atom stereocenters. The van der Waals surface area contributed by atoms with Crippen LogP contribution in [0.2, 0.25) is 0 Å². The molecule has 1 aromatic carbocycles. The molecule has 18 heavy (non-hydrogen) atoms. The molecule has 0 aromatic heterocycles. The van der Waals surface area contributed by atoms with Gasteiger partial charge in [-0.1, -0.05) is 0 Å². The van der Waals surface area contributed by atoms with Crippen molar-refractivity contribution in [1.82, 2.24) is 0 Å². The normalized spacial score (nSPS) is 16.2. The molecule has 98 valence electrons. The molecule has 1 saturated carbocycles. The lowest BCUT2D eigenvalue weighted by Crippen LogP contribution is -2.29. The highest BCUT2D eigenvalue weighted by Gasteiger charge is 2.24. The molecule has 1 aliphatic rings. The van der Waals surface area contributed by atoms with Crippen LogP contribution in [0.5, 0.6) is 11.5 Å². The maximum Gasteiger partial charge on any atom is 0.182 e. The summed E-state index contributed by atoms with van der Waals surface area (Å²) in [4.78, 5) is 0. The largest absolute Gasteiger partial charge is 0.624 e. The Labute approximate surface area is 107 Å². The van der Waals surface area contributed by atoms with Crippen molar-refractivity contribution < 1.29 is 14.2 Å². The predicted octanol–water partition coefficient (Wildman–Crippen LogP) is 2.58. The Morgan fingerprint density at radius 2 is 2.17 bits per heavy atom. The molecular formula is C14H19NO3. The Morgan fingerprint density at radius 1 is 1.39 bits per heavy atom. The van der Waals surface area contributed by atoms with Crippen molar-refractivity contribution in [2.75, 3.05) is 13.7 Å². The molecule has 4 heteroatoms. The number of ether oxygens (including phenoxy) is 2. The van der Waals surface area contributed by atoms with Gasteiger partial charge in [0.2, 0.25) is 0 Å². The highest BCUT2D eigenvalue weighted by atomic mass is 16.5. The van der Waals surface area contributed by atoms with Crippen molar-refractivity contribution in [2.45, 2.75) is 32.2 Å². The minimum Gasteiger partial charge on any atom is -0.624 e. The Morgan fingerprint density at radius 3 is 2.72 bits per heavy atom. The molecule has 1 aromatic rings. The van der Waals surface area contributed by atoms with E-state index >= 15 is 0 Å². The van der Waals surface area contributed by atoms with Gasteiger partial charge in [-0.15, -0.1) is 0 Å². The summed E-state index contributed by atoms with van der Waals surface area (Å²) < 4.78 is 11.7. The van der Waals surface area contributed by atoms with Gasteiger partial charge < -0.3 is 14.7 Å². The van der Waals surface area contributed by atoms with Gasteiger partial charge in [-0.25, -0.2) is 4.74 Å². The first-order valence-corrected chi connectivity index (χ1v) is 6.35. The fourth-order valence-corrected chi connectivity index (χ4v) is 1.94. The van der Waals surface area contributed by atoms with E-state index in [0.717, 1.165) is 29.6 Å². The van der Waals surface area contributed by atoms with Gasteiger partial charge in [0, 0.05) is 18.4 Å². The molecule has 1 fully saturated rings. The first-order valence-electron chi connectivity index (χ1n) is 6.35. The second-order valence-corrected chi connectivity index (χ2v) is 4.42. The Hall–Kier alpha value is -1.71. The van der Waals surface area contributed by atoms with Crippen molar-refractivity contribution in [2.24, 2.45) is 0 Å². The topological polar surface area (TPSA) is 44.5 Å². The lowest BCUT2D eigenvalue weighted by molar-refractivity contribution is -0.510. The van der Waals surface area contributed by atoms with E-state index in [1.54, 1.807) is 13.3 Å². The van der Waals surface area contributed by atoms with Crippen molar-refractivity contribution >= 4 is 6.21 Å². The van der Waals surface area contributed by atoms with Crippen LogP contribution in [0, 0.1) is 5.21 Å². The van der Waals surface area contributed by atoms with Gasteiger partial charge in [0.05, 0.1) is 13.7 Å². The highest BCUT2D eigenvalue weighted by Crippen LogP contribution is 2.28. The van der Waals surface area contributed by atoms with Crippen LogP contribution in [0.1, 0.15) is 31.7 Å². The van der Waals surface area contributed by atoms with Gasteiger partial charge >= 0.3 is 0 Å². The van der Waals surface area contributed by atoms with Crippen LogP contribution in [-0.2, 0) is 0 Å². The van der Waals surface area contributed by atoms with Gasteiger partial charge in [0.25, 0.3) is 0 Å². The van der Waals surface area contributed by atoms with Crippen LogP contribution >= 0.6 is 0 Å². The number of hydrogen-bond acceptors (Lipinski definition) is 3. The second-order valence-electron chi connectivity index (χ2n) is 4.42. The first-order chi connectivity index (χ1) is 8.74. The molecule has 0 heterocycles. The first kappa shape index (κ1) is 12.7. The smallest absolute Gasteiger partial charge is 0.182 e. The van der Waals surface area contributed by atoms with E-state index in [9.17, 15) is 5.21 Å². The van der Waals surface area contributed by atoms with Gasteiger partial charge in [-0.2, -0.15) is 0 Å². The van der Waals surface area contributed by atoms with Crippen LogP contribution in [0.3, 0.4) is 0 Å². The van der Waals surface area contributed by atoms with E-state index in [-0.39, 0.29) is 6.04 Å². The fourth-order valence-electron chi connectivity index (χ4n) is 1.94. The van der Waals surface area contributed by atoms with Crippen molar-refractivity contribution in [1.29, 1.82) is 0 Å². The number of methoxy groups -OCH3 is 1. The van der Waals surface area contributed by atoms with Gasteiger partial charge in [0.15, 0.2) is 23.8 Å². The standard InChI is InChI=1S/C14H19NO3/c1-3-18-14-9-11(7-8-13(14)17-2)10-15(16)12-5-4-6-12/h7-10,12H,3-6H2,1-2H3. The average Bonchev–Trinajstić information content (AvgIpc) is 2.27. The maximum atomic E-state index is 11.8. The molecule has 0 radical (unpaired) electrons. The summed E-state index contributed by atoms with van der Waals surface area (Å²) >= 11 is 0. The Balaban J connectivity index is 2.20. The van der Waals surface area contributed by atoms with Gasteiger partial charge in [0.1, 0.15) is 0 Å². The van der Waals surface area contributed by atoms with Crippen molar-refractivity contribution in [3.8, 4) is 11.5 Å². The second kappa shape index (κ2) is 5.76. The molecule has 0 saturated heterocycles. The summed E-state index contributed by atoms with van der Waals surface area (Å²) in [5.74, 6) is 1.37. The summed E-state index contributed by atoms with van der Waals surface area (Å²) in [7, 11) is 1.61. The quantitative estimate of drug-likeness (QED) is 0.349. The molecule has 0 N–H and O–H groups in total. The van der Waals surface area contributed by atoms with Crippen LogP contribution in [0.25, 0.3) is 0 Å². The van der Waals surface area contributed by atoms with E-state index in [2.05, 4.69) is 0 Å². The third-order valence-electron chi connectivity index (χ3n) is 3.20. The monoisotopic (exact) mass is 249 g/mol. The van der Waals surface area contributed by atoms with Crippen LogP contribution < -0.4 is 9.47 Å². The summed E-state index contributed by atoms with van der Waals surface area (Å²) in [6.45, 7) is 2.49. The van der Waals surface area contributed by atoms with E-state index in [4.69, 9.17) is 9.47 Å². The minimum absolute atomic E-state index is 0.155. The number of benzene rings is 1. The third kappa shape index (κ3) is 2.75. The molecule has 4 nitrogen and oxygen atoms in total. The SMILES string of the molecule is CCOc1cc(C=[N+]([O-])C2CCC2)ccc1OC. The average molecular weight is 249 g/mol. The predicted molar refractivity (Wildman–Crippen MR) is 70.6 cm³/mol. The zero-order valence-corrected chi connectivity index (χ0v) is 10.9. The van der Waals surface area contributed by atoms with Crippen molar-refractivity contribution in [3.05, 3.63) is 29.0 Å². The number of rotatable bonds is 5.